The monoisotopic (exact) mass is 300 g/mol. The third kappa shape index (κ3) is 3.16. The van der Waals surface area contributed by atoms with Crippen LogP contribution >= 0.6 is 0 Å². The molecule has 4 heteroatoms. The third-order valence-corrected chi connectivity index (χ3v) is 4.86. The second-order valence-corrected chi connectivity index (χ2v) is 6.80. The molecule has 0 radical (unpaired) electrons. The smallest absolute Gasteiger partial charge is 0.242 e. The molecule has 0 aromatic heterocycles. The van der Waals surface area contributed by atoms with Crippen LogP contribution in [0.3, 0.4) is 0 Å². The lowest BCUT2D eigenvalue weighted by molar-refractivity contribution is -0.137. The molecule has 3 rings (SSSR count). The van der Waals surface area contributed by atoms with Crippen LogP contribution in [-0.4, -0.2) is 34.8 Å². The van der Waals surface area contributed by atoms with E-state index in [0.717, 1.165) is 25.7 Å². The summed E-state index contributed by atoms with van der Waals surface area (Å²) in [5.74, 6) is 0.0888. The lowest BCUT2D eigenvalue weighted by atomic mass is 10.0. The van der Waals surface area contributed by atoms with Gasteiger partial charge in [0.15, 0.2) is 0 Å². The molecule has 0 spiro atoms. The van der Waals surface area contributed by atoms with Gasteiger partial charge >= 0.3 is 0 Å². The Bertz CT molecular complexity index is 575. The van der Waals surface area contributed by atoms with Crippen molar-refractivity contribution < 1.29 is 9.59 Å². The summed E-state index contributed by atoms with van der Waals surface area (Å²) in [7, 11) is 0. The van der Waals surface area contributed by atoms with Crippen molar-refractivity contribution in [1.29, 1.82) is 0 Å². The first-order valence-electron chi connectivity index (χ1n) is 8.16. The van der Waals surface area contributed by atoms with Crippen molar-refractivity contribution in [2.45, 2.75) is 57.5 Å². The van der Waals surface area contributed by atoms with Crippen LogP contribution in [0, 0.1) is 6.92 Å². The van der Waals surface area contributed by atoms with Gasteiger partial charge in [0.2, 0.25) is 11.8 Å². The molecular formula is C18H24N2O2. The minimum atomic E-state index is -0.356. The molecular weight excluding hydrogens is 276 g/mol. The zero-order valence-electron chi connectivity index (χ0n) is 13.4. The summed E-state index contributed by atoms with van der Waals surface area (Å²) in [6.45, 7) is 4.62. The molecule has 1 heterocycles. The van der Waals surface area contributed by atoms with Crippen molar-refractivity contribution >= 4 is 11.8 Å². The van der Waals surface area contributed by atoms with Gasteiger partial charge in [-0.2, -0.15) is 0 Å². The van der Waals surface area contributed by atoms with Crippen molar-refractivity contribution in [3.63, 3.8) is 0 Å². The molecule has 1 aliphatic carbocycles. The molecule has 2 amide bonds. The second kappa shape index (κ2) is 5.75. The van der Waals surface area contributed by atoms with E-state index in [1.165, 1.54) is 11.1 Å². The third-order valence-electron chi connectivity index (χ3n) is 4.86. The fourth-order valence-corrected chi connectivity index (χ4v) is 3.18. The predicted molar refractivity (Wildman–Crippen MR) is 85.4 cm³/mol. The Morgan fingerprint density at radius 3 is 2.55 bits per heavy atom. The van der Waals surface area contributed by atoms with Crippen LogP contribution in [0.1, 0.15) is 43.7 Å². The van der Waals surface area contributed by atoms with Crippen LogP contribution in [0.15, 0.2) is 24.3 Å². The summed E-state index contributed by atoms with van der Waals surface area (Å²) in [4.78, 5) is 25.9. The Labute approximate surface area is 131 Å². The molecule has 4 nitrogen and oxygen atoms in total. The number of hydrogen-bond donors (Lipinski definition) is 1. The Kier molecular flexibility index (Phi) is 3.94. The number of rotatable bonds is 5. The Morgan fingerprint density at radius 1 is 1.32 bits per heavy atom. The largest absolute Gasteiger partial charge is 0.349 e. The van der Waals surface area contributed by atoms with Crippen molar-refractivity contribution in [1.82, 2.24) is 10.2 Å². The molecule has 1 aromatic carbocycles. The SMILES string of the molecule is Cc1ccc(CC2(NC(=O)C(C)N3CCCC3=O)CC2)cc1. The minimum absolute atomic E-state index is 0.0140. The topological polar surface area (TPSA) is 49.4 Å². The average molecular weight is 300 g/mol. The van der Waals surface area contributed by atoms with E-state index in [1.54, 1.807) is 4.90 Å². The molecule has 2 fully saturated rings. The fourth-order valence-electron chi connectivity index (χ4n) is 3.18. The van der Waals surface area contributed by atoms with E-state index in [4.69, 9.17) is 0 Å². The maximum absolute atomic E-state index is 12.5. The van der Waals surface area contributed by atoms with Gasteiger partial charge in [0.25, 0.3) is 0 Å². The summed E-state index contributed by atoms with van der Waals surface area (Å²) in [5, 5.41) is 3.19. The summed E-state index contributed by atoms with van der Waals surface area (Å²) in [5.41, 5.74) is 2.41. The van der Waals surface area contributed by atoms with Gasteiger partial charge in [-0.25, -0.2) is 0 Å². The zero-order chi connectivity index (χ0) is 15.7. The molecule has 0 bridgehead atoms. The Balaban J connectivity index is 1.60. The van der Waals surface area contributed by atoms with Crippen LogP contribution < -0.4 is 5.32 Å². The van der Waals surface area contributed by atoms with Crippen LogP contribution in [-0.2, 0) is 16.0 Å². The fraction of sp³-hybridized carbons (Fsp3) is 0.556. The molecule has 1 unspecified atom stereocenters. The molecule has 1 saturated heterocycles. The van der Waals surface area contributed by atoms with E-state index >= 15 is 0 Å². The number of carbonyl (C=O) groups excluding carboxylic acids is 2. The van der Waals surface area contributed by atoms with E-state index in [0.29, 0.717) is 13.0 Å². The maximum atomic E-state index is 12.5. The van der Waals surface area contributed by atoms with Gasteiger partial charge < -0.3 is 10.2 Å². The number of amides is 2. The lowest BCUT2D eigenvalue weighted by Gasteiger charge is -2.26. The van der Waals surface area contributed by atoms with Gasteiger partial charge in [0.1, 0.15) is 6.04 Å². The molecule has 118 valence electrons. The maximum Gasteiger partial charge on any atom is 0.242 e. The molecule has 1 atom stereocenters. The number of likely N-dealkylation sites (tertiary alicyclic amines) is 1. The van der Waals surface area contributed by atoms with Gasteiger partial charge in [-0.05, 0) is 45.1 Å². The minimum Gasteiger partial charge on any atom is -0.349 e. The van der Waals surface area contributed by atoms with Gasteiger partial charge in [-0.1, -0.05) is 29.8 Å². The number of aryl methyl sites for hydroxylation is 1. The van der Waals surface area contributed by atoms with Crippen molar-refractivity contribution in [2.75, 3.05) is 6.54 Å². The molecule has 2 aliphatic rings. The highest BCUT2D eigenvalue weighted by atomic mass is 16.2. The first kappa shape index (κ1) is 15.1. The number of benzene rings is 1. The molecule has 1 aromatic rings. The van der Waals surface area contributed by atoms with Crippen molar-refractivity contribution in [3.8, 4) is 0 Å². The molecule has 1 saturated carbocycles. The van der Waals surface area contributed by atoms with E-state index < -0.39 is 0 Å². The molecule has 22 heavy (non-hydrogen) atoms. The average Bonchev–Trinajstić information content (AvgIpc) is 3.10. The molecule has 1 aliphatic heterocycles. The number of carbonyl (C=O) groups is 2. The van der Waals surface area contributed by atoms with Crippen LogP contribution in [0.2, 0.25) is 0 Å². The number of hydrogen-bond acceptors (Lipinski definition) is 2. The zero-order valence-corrected chi connectivity index (χ0v) is 13.4. The van der Waals surface area contributed by atoms with Gasteiger partial charge in [0.05, 0.1) is 0 Å². The highest BCUT2D eigenvalue weighted by Crippen LogP contribution is 2.39. The number of nitrogens with zero attached hydrogens (tertiary/aromatic N) is 1. The Hall–Kier alpha value is -1.84. The first-order chi connectivity index (χ1) is 10.5. The number of nitrogens with one attached hydrogen (secondary N) is 1. The summed E-state index contributed by atoms with van der Waals surface area (Å²) in [6.07, 6.45) is 4.36. The van der Waals surface area contributed by atoms with E-state index in [9.17, 15) is 9.59 Å². The molecule has 1 N–H and O–H groups in total. The first-order valence-corrected chi connectivity index (χ1v) is 8.16. The lowest BCUT2D eigenvalue weighted by Crippen LogP contribution is -2.50. The highest BCUT2D eigenvalue weighted by molar-refractivity contribution is 5.88. The highest BCUT2D eigenvalue weighted by Gasteiger charge is 2.45. The summed E-state index contributed by atoms with van der Waals surface area (Å²) in [6, 6.07) is 8.13. The van der Waals surface area contributed by atoms with E-state index in [-0.39, 0.29) is 23.4 Å². The standard InChI is InChI=1S/C18H24N2O2/c1-13-5-7-15(8-6-13)12-18(9-10-18)19-17(22)14(2)20-11-3-4-16(20)21/h5-8,14H,3-4,9-12H2,1-2H3,(H,19,22). The van der Waals surface area contributed by atoms with Gasteiger partial charge in [-0.15, -0.1) is 0 Å². The van der Waals surface area contributed by atoms with Crippen LogP contribution in [0.5, 0.6) is 0 Å². The van der Waals surface area contributed by atoms with Gasteiger partial charge in [0, 0.05) is 18.5 Å². The van der Waals surface area contributed by atoms with E-state index in [1.807, 2.05) is 6.92 Å². The van der Waals surface area contributed by atoms with Crippen LogP contribution in [0.25, 0.3) is 0 Å². The van der Waals surface area contributed by atoms with Crippen LogP contribution in [0.4, 0.5) is 0 Å². The predicted octanol–water partition coefficient (Wildman–Crippen LogP) is 2.20. The normalized spacial score (nSPS) is 20.8. The van der Waals surface area contributed by atoms with Crippen molar-refractivity contribution in [2.24, 2.45) is 0 Å². The van der Waals surface area contributed by atoms with Gasteiger partial charge in [-0.3, -0.25) is 9.59 Å². The van der Waals surface area contributed by atoms with E-state index in [2.05, 4.69) is 36.5 Å². The quantitative estimate of drug-likeness (QED) is 0.906. The summed E-state index contributed by atoms with van der Waals surface area (Å²) >= 11 is 0. The Morgan fingerprint density at radius 2 is 2.00 bits per heavy atom. The second-order valence-electron chi connectivity index (χ2n) is 6.80. The summed E-state index contributed by atoms with van der Waals surface area (Å²) < 4.78 is 0. The van der Waals surface area contributed by atoms with Crippen molar-refractivity contribution in [3.05, 3.63) is 35.4 Å².